The summed E-state index contributed by atoms with van der Waals surface area (Å²) >= 11 is 13.7. The van der Waals surface area contributed by atoms with Gasteiger partial charge in [-0.1, -0.05) is 35.0 Å². The lowest BCUT2D eigenvalue weighted by atomic mass is 9.89. The van der Waals surface area contributed by atoms with Crippen molar-refractivity contribution < 1.29 is 9.53 Å². The van der Waals surface area contributed by atoms with Gasteiger partial charge in [0.2, 0.25) is 0 Å². The molecular weight excluding hydrogens is 293 g/mol. The van der Waals surface area contributed by atoms with Crippen LogP contribution in [0.2, 0.25) is 0 Å². The van der Waals surface area contributed by atoms with Gasteiger partial charge in [-0.25, -0.2) is 0 Å². The number of nitrogens with zero attached hydrogens (tertiary/aromatic N) is 1. The lowest BCUT2D eigenvalue weighted by Gasteiger charge is -2.33. The van der Waals surface area contributed by atoms with Gasteiger partial charge in [0.25, 0.3) is 0 Å². The van der Waals surface area contributed by atoms with Crippen molar-refractivity contribution >= 4 is 40.7 Å². The summed E-state index contributed by atoms with van der Waals surface area (Å²) in [5, 5.41) is 0.517. The summed E-state index contributed by atoms with van der Waals surface area (Å²) < 4.78 is 6.04. The van der Waals surface area contributed by atoms with Gasteiger partial charge in [-0.2, -0.15) is 0 Å². The third-order valence-electron chi connectivity index (χ3n) is 3.26. The third-order valence-corrected chi connectivity index (χ3v) is 5.23. The van der Waals surface area contributed by atoms with Crippen molar-refractivity contribution in [3.05, 3.63) is 33.2 Å². The van der Waals surface area contributed by atoms with Crippen molar-refractivity contribution in [1.82, 2.24) is 4.90 Å². The van der Waals surface area contributed by atoms with Crippen molar-refractivity contribution in [2.24, 2.45) is 0 Å². The van der Waals surface area contributed by atoms with E-state index in [4.69, 9.17) is 27.9 Å². The molecule has 96 valence electrons. The smallest absolute Gasteiger partial charge is 0.164 e. The van der Waals surface area contributed by atoms with E-state index in [1.165, 1.54) is 11.8 Å². The Balaban J connectivity index is 1.96. The van der Waals surface area contributed by atoms with Crippen LogP contribution < -0.4 is 0 Å². The Morgan fingerprint density at radius 1 is 1.39 bits per heavy atom. The average molecular weight is 304 g/mol. The van der Waals surface area contributed by atoms with E-state index in [9.17, 15) is 4.79 Å². The quantitative estimate of drug-likeness (QED) is 0.693. The van der Waals surface area contributed by atoms with Crippen molar-refractivity contribution in [2.45, 2.75) is 25.3 Å². The Bertz CT molecular complexity index is 498. The zero-order chi connectivity index (χ0) is 12.7. The van der Waals surface area contributed by atoms with Crippen LogP contribution in [0, 0.1) is 0 Å². The van der Waals surface area contributed by atoms with E-state index in [0.29, 0.717) is 21.8 Å². The Hall–Kier alpha value is -0.580. The monoisotopic (exact) mass is 303 g/mol. The first-order valence-corrected chi connectivity index (χ1v) is 7.47. The summed E-state index contributed by atoms with van der Waals surface area (Å²) in [6.45, 7) is 0. The maximum absolute atomic E-state index is 12.1. The molecule has 1 unspecified atom stereocenters. The molecule has 0 amide bonds. The highest BCUT2D eigenvalue weighted by Gasteiger charge is 2.36. The first kappa shape index (κ1) is 12.5. The molecule has 0 aromatic carbocycles. The Morgan fingerprint density at radius 2 is 2.22 bits per heavy atom. The van der Waals surface area contributed by atoms with Crippen molar-refractivity contribution in [1.29, 1.82) is 0 Å². The number of carbonyl (C=O) groups is 1. The maximum Gasteiger partial charge on any atom is 0.164 e. The van der Waals surface area contributed by atoms with Gasteiger partial charge in [-0.15, -0.1) is 0 Å². The Kier molecular flexibility index (Phi) is 3.34. The summed E-state index contributed by atoms with van der Waals surface area (Å²) in [6.07, 6.45) is 5.77. The predicted molar refractivity (Wildman–Crippen MR) is 72.9 cm³/mol. The summed E-state index contributed by atoms with van der Waals surface area (Å²) in [5.74, 6) is 1.61. The van der Waals surface area contributed by atoms with E-state index in [1.807, 2.05) is 11.0 Å². The molecule has 1 atom stereocenters. The van der Waals surface area contributed by atoms with E-state index in [-0.39, 0.29) is 11.8 Å². The molecule has 1 aliphatic carbocycles. The van der Waals surface area contributed by atoms with Gasteiger partial charge < -0.3 is 9.64 Å². The molecule has 6 heteroatoms. The second-order valence-electron chi connectivity index (χ2n) is 4.31. The molecule has 0 radical (unpaired) electrons. The molecule has 3 nitrogen and oxygen atoms in total. The SMILES string of the molecule is O=C1CCCC2=C1C(N1CSC(Cl)=C1Cl)C=CO2. The van der Waals surface area contributed by atoms with E-state index in [1.54, 1.807) is 6.26 Å². The van der Waals surface area contributed by atoms with Crippen LogP contribution in [0.4, 0.5) is 0 Å². The highest BCUT2D eigenvalue weighted by Crippen LogP contribution is 2.42. The fourth-order valence-corrected chi connectivity index (χ4v) is 3.83. The standard InChI is InChI=1S/C12H11Cl2NO2S/c13-11-12(14)18-6-15(11)7-4-5-17-9-3-1-2-8(16)10(7)9/h4-5,7H,1-3,6H2. The Labute approximate surface area is 119 Å². The third kappa shape index (κ3) is 1.96. The van der Waals surface area contributed by atoms with Crippen LogP contribution in [0.5, 0.6) is 0 Å². The van der Waals surface area contributed by atoms with E-state index in [0.717, 1.165) is 24.2 Å². The molecule has 18 heavy (non-hydrogen) atoms. The van der Waals surface area contributed by atoms with Crippen LogP contribution in [0.15, 0.2) is 33.2 Å². The van der Waals surface area contributed by atoms with Crippen LogP contribution in [-0.4, -0.2) is 22.6 Å². The molecule has 3 rings (SSSR count). The minimum Gasteiger partial charge on any atom is -0.469 e. The van der Waals surface area contributed by atoms with Gasteiger partial charge in [0.15, 0.2) is 5.78 Å². The van der Waals surface area contributed by atoms with Gasteiger partial charge in [0.1, 0.15) is 15.3 Å². The molecular formula is C12H11Cl2NO2S. The van der Waals surface area contributed by atoms with E-state index in [2.05, 4.69) is 0 Å². The molecule has 0 aromatic heterocycles. The summed E-state index contributed by atoms with van der Waals surface area (Å²) in [4.78, 5) is 14.0. The predicted octanol–water partition coefficient (Wildman–Crippen LogP) is 3.52. The number of halogens is 2. The van der Waals surface area contributed by atoms with Crippen molar-refractivity contribution in [2.75, 3.05) is 5.88 Å². The van der Waals surface area contributed by atoms with Gasteiger partial charge in [0.05, 0.1) is 23.8 Å². The van der Waals surface area contributed by atoms with Gasteiger partial charge >= 0.3 is 0 Å². The second kappa shape index (κ2) is 4.83. The number of hydrogen-bond acceptors (Lipinski definition) is 4. The molecule has 0 N–H and O–H groups in total. The number of thioether (sulfide) groups is 1. The fourth-order valence-electron chi connectivity index (χ4n) is 2.40. The molecule has 0 spiro atoms. The summed E-state index contributed by atoms with van der Waals surface area (Å²) in [5.41, 5.74) is 0.744. The topological polar surface area (TPSA) is 29.5 Å². The lowest BCUT2D eigenvalue weighted by Crippen LogP contribution is -2.37. The average Bonchev–Trinajstić information content (AvgIpc) is 2.70. The molecule has 0 fully saturated rings. The highest BCUT2D eigenvalue weighted by atomic mass is 35.5. The summed E-state index contributed by atoms with van der Waals surface area (Å²) in [6, 6.07) is -0.141. The first-order chi connectivity index (χ1) is 8.68. The number of hydrogen-bond donors (Lipinski definition) is 0. The van der Waals surface area contributed by atoms with Gasteiger partial charge in [-0.05, 0) is 12.5 Å². The van der Waals surface area contributed by atoms with Crippen LogP contribution in [0.25, 0.3) is 0 Å². The van der Waals surface area contributed by atoms with Crippen LogP contribution in [0.1, 0.15) is 19.3 Å². The van der Waals surface area contributed by atoms with Crippen LogP contribution in [0.3, 0.4) is 0 Å². The molecule has 0 saturated carbocycles. The number of carbonyl (C=O) groups excluding carboxylic acids is 1. The minimum absolute atomic E-state index is 0.141. The maximum atomic E-state index is 12.1. The normalized spacial score (nSPS) is 27.8. The second-order valence-corrected chi connectivity index (χ2v) is 6.23. The van der Waals surface area contributed by atoms with Crippen molar-refractivity contribution in [3.63, 3.8) is 0 Å². The highest BCUT2D eigenvalue weighted by molar-refractivity contribution is 8.04. The van der Waals surface area contributed by atoms with E-state index < -0.39 is 0 Å². The Morgan fingerprint density at radius 3 is 2.94 bits per heavy atom. The molecule has 3 aliphatic rings. The molecule has 2 aliphatic heterocycles. The van der Waals surface area contributed by atoms with Gasteiger partial charge in [0, 0.05) is 12.8 Å². The summed E-state index contributed by atoms with van der Waals surface area (Å²) in [7, 11) is 0. The van der Waals surface area contributed by atoms with Crippen LogP contribution >= 0.6 is 35.0 Å². The van der Waals surface area contributed by atoms with Crippen molar-refractivity contribution in [3.8, 4) is 0 Å². The lowest BCUT2D eigenvalue weighted by molar-refractivity contribution is -0.116. The number of allylic oxidation sites excluding steroid dienone is 1. The fraction of sp³-hybridized carbons (Fsp3) is 0.417. The number of ketones is 1. The van der Waals surface area contributed by atoms with Gasteiger partial charge in [-0.3, -0.25) is 4.79 Å². The zero-order valence-electron chi connectivity index (χ0n) is 9.49. The molecule has 0 bridgehead atoms. The number of Topliss-reactive ketones (excluding diaryl/α,β-unsaturated/α-hetero) is 1. The first-order valence-electron chi connectivity index (χ1n) is 5.73. The number of ether oxygens (including phenoxy) is 1. The zero-order valence-corrected chi connectivity index (χ0v) is 11.8. The molecule has 0 saturated heterocycles. The largest absolute Gasteiger partial charge is 0.469 e. The number of rotatable bonds is 1. The molecule has 2 heterocycles. The minimum atomic E-state index is -0.141. The molecule has 0 aromatic rings. The van der Waals surface area contributed by atoms with Crippen LogP contribution in [-0.2, 0) is 9.53 Å². The van der Waals surface area contributed by atoms with E-state index >= 15 is 0 Å².